The van der Waals surface area contributed by atoms with Gasteiger partial charge in [0.25, 0.3) is 0 Å². The molecule has 1 fully saturated rings. The van der Waals surface area contributed by atoms with E-state index in [-0.39, 0.29) is 11.9 Å². The van der Waals surface area contributed by atoms with Crippen LogP contribution in [0.5, 0.6) is 0 Å². The molecule has 94 valence electrons. The predicted molar refractivity (Wildman–Crippen MR) is 63.9 cm³/mol. The molecule has 1 aromatic rings. The third-order valence-corrected chi connectivity index (χ3v) is 4.61. The summed E-state index contributed by atoms with van der Waals surface area (Å²) in [7, 11) is -1.68. The molecule has 0 aliphatic heterocycles. The van der Waals surface area contributed by atoms with Gasteiger partial charge in [-0.15, -0.1) is 0 Å². The van der Waals surface area contributed by atoms with Gasteiger partial charge in [0.1, 0.15) is 0 Å². The molecule has 0 radical (unpaired) electrons. The normalized spacial score (nSPS) is 17.9. The van der Waals surface area contributed by atoms with Gasteiger partial charge >= 0.3 is 0 Å². The molecule has 0 amide bonds. The van der Waals surface area contributed by atoms with Crippen LogP contribution in [-0.2, 0) is 14.8 Å². The van der Waals surface area contributed by atoms with Gasteiger partial charge in [0.05, 0.1) is 23.6 Å². The number of hydrogen-bond acceptors (Lipinski definition) is 4. The highest BCUT2D eigenvalue weighted by atomic mass is 32.2. The number of pyridine rings is 1. The average molecular weight is 256 g/mol. The first-order chi connectivity index (χ1) is 8.13. The molecule has 17 heavy (non-hydrogen) atoms. The van der Waals surface area contributed by atoms with E-state index in [1.807, 2.05) is 6.07 Å². The van der Waals surface area contributed by atoms with Crippen molar-refractivity contribution >= 4 is 10.0 Å². The van der Waals surface area contributed by atoms with E-state index in [2.05, 4.69) is 9.71 Å². The molecule has 1 atom stereocenters. The second-order valence-electron chi connectivity index (χ2n) is 4.12. The number of nitrogens with zero attached hydrogens (tertiary/aromatic N) is 1. The van der Waals surface area contributed by atoms with Crippen LogP contribution in [0.4, 0.5) is 0 Å². The third-order valence-electron chi connectivity index (χ3n) is 2.65. The van der Waals surface area contributed by atoms with Gasteiger partial charge in [0, 0.05) is 13.3 Å². The highest BCUT2D eigenvalue weighted by Gasteiger charge is 2.37. The van der Waals surface area contributed by atoms with E-state index in [1.165, 1.54) is 0 Å². The lowest BCUT2D eigenvalue weighted by Gasteiger charge is -2.17. The van der Waals surface area contributed by atoms with Crippen molar-refractivity contribution in [1.29, 1.82) is 0 Å². The Balaban J connectivity index is 2.12. The molecule has 0 unspecified atom stereocenters. The van der Waals surface area contributed by atoms with Crippen molar-refractivity contribution in [1.82, 2.24) is 9.71 Å². The molecule has 0 aromatic carbocycles. The smallest absolute Gasteiger partial charge is 0.215 e. The Hall–Kier alpha value is -0.980. The van der Waals surface area contributed by atoms with Gasteiger partial charge in [0.15, 0.2) is 0 Å². The summed E-state index contributed by atoms with van der Waals surface area (Å²) in [5.41, 5.74) is 0.679. The summed E-state index contributed by atoms with van der Waals surface area (Å²) < 4.78 is 31.4. The average Bonchev–Trinajstić information content (AvgIpc) is 3.13. The maximum atomic E-state index is 11.9. The van der Waals surface area contributed by atoms with Crippen LogP contribution >= 0.6 is 0 Å². The molecular weight excluding hydrogens is 240 g/mol. The van der Waals surface area contributed by atoms with E-state index in [4.69, 9.17) is 4.74 Å². The van der Waals surface area contributed by atoms with Crippen molar-refractivity contribution in [3.8, 4) is 0 Å². The van der Waals surface area contributed by atoms with Crippen molar-refractivity contribution in [3.05, 3.63) is 30.1 Å². The zero-order chi connectivity index (χ0) is 12.3. The molecule has 1 aliphatic rings. The van der Waals surface area contributed by atoms with Gasteiger partial charge < -0.3 is 4.74 Å². The summed E-state index contributed by atoms with van der Waals surface area (Å²) in [6.45, 7) is 0.281. The van der Waals surface area contributed by atoms with E-state index in [0.29, 0.717) is 5.69 Å². The molecule has 2 rings (SSSR count). The number of rotatable bonds is 6. The zero-order valence-electron chi connectivity index (χ0n) is 9.67. The third kappa shape index (κ3) is 3.24. The lowest BCUT2D eigenvalue weighted by molar-refractivity contribution is 0.174. The molecule has 5 nitrogen and oxygen atoms in total. The van der Waals surface area contributed by atoms with Crippen molar-refractivity contribution in [3.63, 3.8) is 0 Å². The van der Waals surface area contributed by atoms with E-state index < -0.39 is 16.1 Å². The molecule has 1 saturated carbocycles. The first-order valence-electron chi connectivity index (χ1n) is 5.54. The number of ether oxygens (including phenoxy) is 1. The van der Waals surface area contributed by atoms with Crippen LogP contribution in [0.3, 0.4) is 0 Å². The fraction of sp³-hybridized carbons (Fsp3) is 0.545. The summed E-state index contributed by atoms with van der Waals surface area (Å²) in [4.78, 5) is 4.15. The standard InChI is InChI=1S/C11H16N2O3S/c1-16-8-11(10-4-2-3-7-12-10)13-17(14,15)9-5-6-9/h2-4,7,9,11,13H,5-6,8H2,1H3/t11-/m1/s1. The van der Waals surface area contributed by atoms with Crippen LogP contribution < -0.4 is 4.72 Å². The van der Waals surface area contributed by atoms with Crippen molar-refractivity contribution in [2.75, 3.05) is 13.7 Å². The molecule has 0 bridgehead atoms. The monoisotopic (exact) mass is 256 g/mol. The first kappa shape index (κ1) is 12.5. The molecular formula is C11H16N2O3S. The van der Waals surface area contributed by atoms with E-state index in [0.717, 1.165) is 12.8 Å². The second-order valence-corrected chi connectivity index (χ2v) is 6.12. The van der Waals surface area contributed by atoms with Gasteiger partial charge in [-0.25, -0.2) is 13.1 Å². The molecule has 1 heterocycles. The van der Waals surface area contributed by atoms with Crippen LogP contribution in [0, 0.1) is 0 Å². The maximum Gasteiger partial charge on any atom is 0.215 e. The van der Waals surface area contributed by atoms with Crippen molar-refractivity contribution in [2.45, 2.75) is 24.1 Å². The molecule has 0 saturated heterocycles. The van der Waals surface area contributed by atoms with Gasteiger partial charge in [-0.2, -0.15) is 0 Å². The second kappa shape index (κ2) is 5.12. The maximum absolute atomic E-state index is 11.9. The highest BCUT2D eigenvalue weighted by Crippen LogP contribution is 2.28. The fourth-order valence-electron chi connectivity index (χ4n) is 1.60. The van der Waals surface area contributed by atoms with Crippen LogP contribution in [0.2, 0.25) is 0 Å². The lowest BCUT2D eigenvalue weighted by atomic mass is 10.2. The van der Waals surface area contributed by atoms with E-state index in [9.17, 15) is 8.42 Å². The Morgan fingerprint density at radius 1 is 1.53 bits per heavy atom. The number of sulfonamides is 1. The van der Waals surface area contributed by atoms with Crippen LogP contribution in [0.25, 0.3) is 0 Å². The Bertz CT molecular complexity index is 457. The summed E-state index contributed by atoms with van der Waals surface area (Å²) in [5.74, 6) is 0. The molecule has 1 N–H and O–H groups in total. The van der Waals surface area contributed by atoms with Crippen molar-refractivity contribution < 1.29 is 13.2 Å². The number of methoxy groups -OCH3 is 1. The fourth-order valence-corrected chi connectivity index (χ4v) is 3.14. The van der Waals surface area contributed by atoms with E-state index in [1.54, 1.807) is 25.4 Å². The van der Waals surface area contributed by atoms with Gasteiger partial charge in [-0.3, -0.25) is 4.98 Å². The Labute approximate surface area is 101 Å². The van der Waals surface area contributed by atoms with Gasteiger partial charge in [-0.1, -0.05) is 6.07 Å². The van der Waals surface area contributed by atoms with Crippen LogP contribution in [0.15, 0.2) is 24.4 Å². The number of hydrogen-bond donors (Lipinski definition) is 1. The van der Waals surface area contributed by atoms with Gasteiger partial charge in [-0.05, 0) is 25.0 Å². The van der Waals surface area contributed by atoms with Crippen molar-refractivity contribution in [2.24, 2.45) is 0 Å². The minimum Gasteiger partial charge on any atom is -0.383 e. The van der Waals surface area contributed by atoms with E-state index >= 15 is 0 Å². The highest BCUT2D eigenvalue weighted by molar-refractivity contribution is 7.90. The first-order valence-corrected chi connectivity index (χ1v) is 7.09. The molecule has 6 heteroatoms. The topological polar surface area (TPSA) is 68.3 Å². The number of aromatic nitrogens is 1. The summed E-state index contributed by atoms with van der Waals surface area (Å²) in [6.07, 6.45) is 3.14. The SMILES string of the molecule is COC[C@@H](NS(=O)(=O)C1CC1)c1ccccn1. The Kier molecular flexibility index (Phi) is 3.76. The predicted octanol–water partition coefficient (Wildman–Crippen LogP) is 0.851. The Morgan fingerprint density at radius 2 is 2.29 bits per heavy atom. The van der Waals surface area contributed by atoms with Crippen LogP contribution in [-0.4, -0.2) is 32.4 Å². The minimum atomic E-state index is -3.23. The summed E-state index contributed by atoms with van der Waals surface area (Å²) >= 11 is 0. The molecule has 1 aliphatic carbocycles. The minimum absolute atomic E-state index is 0.231. The molecule has 0 spiro atoms. The van der Waals surface area contributed by atoms with Crippen LogP contribution in [0.1, 0.15) is 24.6 Å². The number of nitrogens with one attached hydrogen (secondary N) is 1. The largest absolute Gasteiger partial charge is 0.383 e. The summed E-state index contributed by atoms with van der Waals surface area (Å²) in [6, 6.07) is 5.00. The zero-order valence-corrected chi connectivity index (χ0v) is 10.5. The quantitative estimate of drug-likeness (QED) is 0.819. The Morgan fingerprint density at radius 3 is 2.82 bits per heavy atom. The molecule has 1 aromatic heterocycles. The van der Waals surface area contributed by atoms with Gasteiger partial charge in [0.2, 0.25) is 10.0 Å². The summed E-state index contributed by atoms with van der Waals surface area (Å²) in [5, 5.41) is -0.231. The lowest BCUT2D eigenvalue weighted by Crippen LogP contribution is -2.34.